The Morgan fingerprint density at radius 1 is 1.17 bits per heavy atom. The molecule has 0 amide bonds. The molecule has 3 aromatic rings. The lowest BCUT2D eigenvalue weighted by atomic mass is 9.85. The predicted octanol–water partition coefficient (Wildman–Crippen LogP) is 7.34. The largest absolute Gasteiger partial charge is 0.481 e. The minimum atomic E-state index is -4.41. The van der Waals surface area contributed by atoms with Crippen molar-refractivity contribution < 1.29 is 23.1 Å². The standard InChI is InChI=1S/C27H29Cl2F3N2O2/c1-15-10-19(27(30,31)32)11-24-21(15)12-20(33(24)3)13-22-23(28)5-4-18(25(22)29)14-34-8-6-17(7-9-34)16(2)26(35)36/h4-5,10-12,16-17H,6-9,13-14H2,1-3H3,(H,35,36). The van der Waals surface area contributed by atoms with Gasteiger partial charge >= 0.3 is 12.1 Å². The third kappa shape index (κ3) is 5.38. The summed E-state index contributed by atoms with van der Waals surface area (Å²) in [6.45, 7) is 5.66. The summed E-state index contributed by atoms with van der Waals surface area (Å²) >= 11 is 13.4. The summed E-state index contributed by atoms with van der Waals surface area (Å²) in [6.07, 6.45) is -2.39. The van der Waals surface area contributed by atoms with E-state index in [-0.39, 0.29) is 11.8 Å². The van der Waals surface area contributed by atoms with Crippen LogP contribution in [-0.4, -0.2) is 33.6 Å². The maximum absolute atomic E-state index is 13.3. The van der Waals surface area contributed by atoms with E-state index in [9.17, 15) is 23.1 Å². The van der Waals surface area contributed by atoms with Gasteiger partial charge in [0.1, 0.15) is 0 Å². The molecule has 2 heterocycles. The van der Waals surface area contributed by atoms with E-state index in [4.69, 9.17) is 23.2 Å². The van der Waals surface area contributed by atoms with E-state index >= 15 is 0 Å². The van der Waals surface area contributed by atoms with Crippen LogP contribution in [0.5, 0.6) is 0 Å². The summed E-state index contributed by atoms with van der Waals surface area (Å²) in [7, 11) is 1.76. The van der Waals surface area contributed by atoms with E-state index < -0.39 is 17.7 Å². The molecule has 4 rings (SSSR count). The van der Waals surface area contributed by atoms with E-state index in [2.05, 4.69) is 4.90 Å². The average Bonchev–Trinajstić information content (AvgIpc) is 3.14. The molecular formula is C27H29Cl2F3N2O2. The molecule has 1 aliphatic rings. The van der Waals surface area contributed by atoms with Gasteiger partial charge in [-0.2, -0.15) is 13.2 Å². The number of rotatable bonds is 6. The second-order valence-electron chi connectivity index (χ2n) is 9.83. The lowest BCUT2D eigenvalue weighted by molar-refractivity contribution is -0.143. The number of nitrogens with zero attached hydrogens (tertiary/aromatic N) is 2. The summed E-state index contributed by atoms with van der Waals surface area (Å²) in [5.74, 6) is -0.936. The fourth-order valence-corrected chi connectivity index (χ4v) is 5.73. The van der Waals surface area contributed by atoms with Crippen molar-refractivity contribution in [1.82, 2.24) is 9.47 Å². The number of hydrogen-bond donors (Lipinski definition) is 1. The van der Waals surface area contributed by atoms with Crippen molar-refractivity contribution in [2.75, 3.05) is 13.1 Å². The summed E-state index contributed by atoms with van der Waals surface area (Å²) < 4.78 is 41.8. The van der Waals surface area contributed by atoms with Crippen LogP contribution in [0.25, 0.3) is 10.9 Å². The van der Waals surface area contributed by atoms with Crippen LogP contribution in [0.1, 0.15) is 47.7 Å². The Labute approximate surface area is 218 Å². The van der Waals surface area contributed by atoms with Crippen molar-refractivity contribution in [3.8, 4) is 0 Å². The number of carbonyl (C=O) groups is 1. The summed E-state index contributed by atoms with van der Waals surface area (Å²) in [5.41, 5.74) is 2.89. The molecule has 1 saturated heterocycles. The van der Waals surface area contributed by atoms with E-state index in [1.165, 1.54) is 12.1 Å². The zero-order valence-corrected chi connectivity index (χ0v) is 21.9. The number of benzene rings is 2. The van der Waals surface area contributed by atoms with Gasteiger partial charge in [0.2, 0.25) is 0 Å². The number of carboxylic acids is 1. The first-order valence-electron chi connectivity index (χ1n) is 11.9. The number of alkyl halides is 3. The minimum Gasteiger partial charge on any atom is -0.481 e. The molecular weight excluding hydrogens is 512 g/mol. The van der Waals surface area contributed by atoms with Gasteiger partial charge in [0, 0.05) is 41.6 Å². The van der Waals surface area contributed by atoms with Gasteiger partial charge in [-0.1, -0.05) is 36.2 Å². The number of halogens is 5. The van der Waals surface area contributed by atoms with E-state index in [0.29, 0.717) is 34.1 Å². The summed E-state index contributed by atoms with van der Waals surface area (Å²) in [6, 6.07) is 7.97. The van der Waals surface area contributed by atoms with Crippen LogP contribution in [0, 0.1) is 18.8 Å². The number of hydrogen-bond acceptors (Lipinski definition) is 2. The molecule has 1 unspecified atom stereocenters. The second-order valence-corrected chi connectivity index (χ2v) is 10.6. The molecule has 0 bridgehead atoms. The van der Waals surface area contributed by atoms with Crippen LogP contribution in [-0.2, 0) is 31.0 Å². The van der Waals surface area contributed by atoms with Gasteiger partial charge in [-0.3, -0.25) is 9.69 Å². The van der Waals surface area contributed by atoms with Crippen molar-refractivity contribution in [3.05, 3.63) is 68.3 Å². The average molecular weight is 541 g/mol. The monoisotopic (exact) mass is 540 g/mol. The molecule has 0 saturated carbocycles. The molecule has 0 radical (unpaired) electrons. The van der Waals surface area contributed by atoms with E-state index in [1.807, 2.05) is 18.2 Å². The first kappa shape index (κ1) is 26.8. The van der Waals surface area contributed by atoms with Crippen LogP contribution >= 0.6 is 23.2 Å². The number of aromatic nitrogens is 1. The van der Waals surface area contributed by atoms with E-state index in [1.54, 1.807) is 25.5 Å². The second kappa shape index (κ2) is 10.3. The SMILES string of the molecule is Cc1cc(C(F)(F)F)cc2c1cc(Cc1c(Cl)ccc(CN3CCC(C(C)C(=O)O)CC3)c1Cl)n2C. The van der Waals surface area contributed by atoms with Crippen molar-refractivity contribution in [2.45, 2.75) is 45.8 Å². The number of aryl methyl sites for hydroxylation is 2. The number of carboxylic acid groups (broad SMARTS) is 1. The molecule has 4 nitrogen and oxygen atoms in total. The third-order valence-corrected chi connectivity index (χ3v) is 8.37. The molecule has 1 fully saturated rings. The molecule has 1 aromatic heterocycles. The summed E-state index contributed by atoms with van der Waals surface area (Å²) in [5, 5.41) is 11.1. The summed E-state index contributed by atoms with van der Waals surface area (Å²) in [4.78, 5) is 13.6. The fourth-order valence-electron chi connectivity index (χ4n) is 5.16. The smallest absolute Gasteiger partial charge is 0.416 e. The highest BCUT2D eigenvalue weighted by molar-refractivity contribution is 6.36. The highest BCUT2D eigenvalue weighted by atomic mass is 35.5. The van der Waals surface area contributed by atoms with Crippen molar-refractivity contribution in [1.29, 1.82) is 0 Å². The van der Waals surface area contributed by atoms with Gasteiger partial charge < -0.3 is 9.67 Å². The van der Waals surface area contributed by atoms with Gasteiger partial charge in [0.05, 0.1) is 16.5 Å². The van der Waals surface area contributed by atoms with Crippen LogP contribution in [0.3, 0.4) is 0 Å². The maximum atomic E-state index is 13.3. The number of aliphatic carboxylic acids is 1. The van der Waals surface area contributed by atoms with Crippen LogP contribution < -0.4 is 0 Å². The highest BCUT2D eigenvalue weighted by Crippen LogP contribution is 2.36. The van der Waals surface area contributed by atoms with Gasteiger partial charge in [-0.25, -0.2) is 0 Å². The van der Waals surface area contributed by atoms with Crippen LogP contribution in [0.15, 0.2) is 30.3 Å². The molecule has 36 heavy (non-hydrogen) atoms. The molecule has 1 N–H and O–H groups in total. The quantitative estimate of drug-likeness (QED) is 0.355. The van der Waals surface area contributed by atoms with Crippen LogP contribution in [0.4, 0.5) is 13.2 Å². The lowest BCUT2D eigenvalue weighted by Gasteiger charge is -2.34. The predicted molar refractivity (Wildman–Crippen MR) is 137 cm³/mol. The Kier molecular flexibility index (Phi) is 7.65. The van der Waals surface area contributed by atoms with Crippen molar-refractivity contribution in [3.63, 3.8) is 0 Å². The normalized spacial score (nSPS) is 16.6. The molecule has 1 aliphatic heterocycles. The lowest BCUT2D eigenvalue weighted by Crippen LogP contribution is -2.36. The highest BCUT2D eigenvalue weighted by Gasteiger charge is 2.32. The molecule has 2 aromatic carbocycles. The molecule has 0 aliphatic carbocycles. The fraction of sp³-hybridized carbons (Fsp3) is 0.444. The Morgan fingerprint density at radius 3 is 2.44 bits per heavy atom. The molecule has 1 atom stereocenters. The Morgan fingerprint density at radius 2 is 1.83 bits per heavy atom. The zero-order valence-electron chi connectivity index (χ0n) is 20.4. The van der Waals surface area contributed by atoms with Gasteiger partial charge in [-0.15, -0.1) is 0 Å². The van der Waals surface area contributed by atoms with Gasteiger partial charge in [0.25, 0.3) is 0 Å². The molecule has 9 heteroatoms. The Bertz CT molecular complexity index is 1290. The zero-order chi connectivity index (χ0) is 26.4. The number of likely N-dealkylation sites (tertiary alicyclic amines) is 1. The number of fused-ring (bicyclic) bond motifs is 1. The van der Waals surface area contributed by atoms with E-state index in [0.717, 1.165) is 48.1 Å². The molecule has 0 spiro atoms. The third-order valence-electron chi connectivity index (χ3n) is 7.54. The first-order chi connectivity index (χ1) is 16.9. The van der Waals surface area contributed by atoms with Crippen LogP contribution in [0.2, 0.25) is 10.0 Å². The van der Waals surface area contributed by atoms with Gasteiger partial charge in [0.15, 0.2) is 0 Å². The Balaban J connectivity index is 1.57. The minimum absolute atomic E-state index is 0.169. The van der Waals surface area contributed by atoms with Gasteiger partial charge in [-0.05, 0) is 79.7 Å². The maximum Gasteiger partial charge on any atom is 0.416 e. The van der Waals surface area contributed by atoms with Crippen molar-refractivity contribution in [2.24, 2.45) is 18.9 Å². The Hall–Kier alpha value is -2.22. The first-order valence-corrected chi connectivity index (χ1v) is 12.7. The van der Waals surface area contributed by atoms with Crippen molar-refractivity contribution >= 4 is 40.1 Å². The molecule has 194 valence electrons. The number of piperidine rings is 1. The topological polar surface area (TPSA) is 45.5 Å².